The number of hydrogen-bond acceptors (Lipinski definition) is 3. The van der Waals surface area contributed by atoms with Crippen LogP contribution in [0.15, 0.2) is 0 Å². The number of rotatable bonds is 4. The molecule has 3 aliphatic rings. The van der Waals surface area contributed by atoms with Crippen molar-refractivity contribution < 1.29 is 4.74 Å². The Morgan fingerprint density at radius 3 is 2.63 bits per heavy atom. The number of nitrogens with one attached hydrogen (secondary N) is 1. The summed E-state index contributed by atoms with van der Waals surface area (Å²) in [6, 6.07) is 0.772. The minimum Gasteiger partial charge on any atom is -0.375 e. The number of ether oxygens (including phenoxy) is 1. The summed E-state index contributed by atoms with van der Waals surface area (Å²) in [5, 5.41) is 3.82. The zero-order chi connectivity index (χ0) is 13.1. The molecule has 3 heteroatoms. The van der Waals surface area contributed by atoms with E-state index >= 15 is 0 Å². The minimum atomic E-state index is 0.256. The van der Waals surface area contributed by atoms with Crippen molar-refractivity contribution in [1.29, 1.82) is 0 Å². The highest BCUT2D eigenvalue weighted by Gasteiger charge is 2.43. The van der Waals surface area contributed by atoms with Crippen LogP contribution in [0.1, 0.15) is 51.9 Å². The fourth-order valence-electron chi connectivity index (χ4n) is 4.22. The highest BCUT2D eigenvalue weighted by molar-refractivity contribution is 7.99. The van der Waals surface area contributed by atoms with Crippen LogP contribution in [0.25, 0.3) is 0 Å². The molecule has 1 aliphatic carbocycles. The van der Waals surface area contributed by atoms with Crippen LogP contribution >= 0.6 is 11.8 Å². The molecule has 0 bridgehead atoms. The van der Waals surface area contributed by atoms with Crippen LogP contribution in [0, 0.1) is 11.8 Å². The topological polar surface area (TPSA) is 21.3 Å². The Labute approximate surface area is 122 Å². The van der Waals surface area contributed by atoms with Gasteiger partial charge in [0.2, 0.25) is 0 Å². The Balaban J connectivity index is 1.64. The van der Waals surface area contributed by atoms with Crippen molar-refractivity contribution in [2.45, 2.75) is 63.5 Å². The van der Waals surface area contributed by atoms with Crippen LogP contribution in [0.2, 0.25) is 0 Å². The monoisotopic (exact) mass is 283 g/mol. The number of thioether (sulfide) groups is 1. The minimum absolute atomic E-state index is 0.256. The van der Waals surface area contributed by atoms with Gasteiger partial charge in [0.25, 0.3) is 0 Å². The van der Waals surface area contributed by atoms with E-state index in [0.717, 1.165) is 31.0 Å². The molecule has 2 unspecified atom stereocenters. The molecule has 3 rings (SSSR count). The van der Waals surface area contributed by atoms with Gasteiger partial charge >= 0.3 is 0 Å². The molecule has 0 aromatic carbocycles. The van der Waals surface area contributed by atoms with Crippen molar-refractivity contribution in [2.24, 2.45) is 11.8 Å². The third-order valence-electron chi connectivity index (χ3n) is 5.54. The maximum atomic E-state index is 6.26. The molecule has 0 aromatic rings. The lowest BCUT2D eigenvalue weighted by atomic mass is 9.69. The third-order valence-corrected chi connectivity index (χ3v) is 6.53. The third kappa shape index (κ3) is 3.14. The Bertz CT molecular complexity index is 281. The van der Waals surface area contributed by atoms with E-state index in [1.165, 1.54) is 56.5 Å². The average molecular weight is 283 g/mol. The van der Waals surface area contributed by atoms with E-state index in [1.54, 1.807) is 0 Å². The van der Waals surface area contributed by atoms with Crippen LogP contribution in [0.5, 0.6) is 0 Å². The Hall–Kier alpha value is 0.270. The van der Waals surface area contributed by atoms with Crippen molar-refractivity contribution in [2.75, 3.05) is 24.7 Å². The molecule has 2 aliphatic heterocycles. The highest BCUT2D eigenvalue weighted by atomic mass is 32.2. The van der Waals surface area contributed by atoms with Crippen LogP contribution in [-0.4, -0.2) is 36.3 Å². The summed E-state index contributed by atoms with van der Waals surface area (Å²) in [4.78, 5) is 0. The molecule has 110 valence electrons. The average Bonchev–Trinajstić information content (AvgIpc) is 2.37. The molecule has 0 aromatic heterocycles. The molecule has 0 radical (unpaired) electrons. The molecule has 1 saturated carbocycles. The van der Waals surface area contributed by atoms with E-state index in [-0.39, 0.29) is 5.60 Å². The molecular formula is C16H29NOS. The second kappa shape index (κ2) is 6.36. The summed E-state index contributed by atoms with van der Waals surface area (Å²) in [6.45, 7) is 4.39. The van der Waals surface area contributed by atoms with Gasteiger partial charge in [0.15, 0.2) is 0 Å². The largest absolute Gasteiger partial charge is 0.375 e. The summed E-state index contributed by atoms with van der Waals surface area (Å²) < 4.78 is 6.26. The molecule has 2 atom stereocenters. The van der Waals surface area contributed by atoms with E-state index in [1.807, 2.05) is 0 Å². The predicted octanol–water partition coefficient (Wildman–Crippen LogP) is 3.46. The first-order valence-corrected chi connectivity index (χ1v) is 9.43. The lowest BCUT2D eigenvalue weighted by Crippen LogP contribution is -2.52. The van der Waals surface area contributed by atoms with Gasteiger partial charge in [-0.15, -0.1) is 0 Å². The highest BCUT2D eigenvalue weighted by Crippen LogP contribution is 2.43. The summed E-state index contributed by atoms with van der Waals surface area (Å²) in [7, 11) is 0. The van der Waals surface area contributed by atoms with Crippen LogP contribution < -0.4 is 5.32 Å². The fraction of sp³-hybridized carbons (Fsp3) is 1.00. The SMILES string of the molecule is CCNC(C1CCC1)C1CCOC2(CCSCC2)C1. The molecule has 2 saturated heterocycles. The quantitative estimate of drug-likeness (QED) is 0.854. The zero-order valence-corrected chi connectivity index (χ0v) is 13.1. The first kappa shape index (κ1) is 14.2. The van der Waals surface area contributed by atoms with Crippen LogP contribution in [0.3, 0.4) is 0 Å². The van der Waals surface area contributed by atoms with Gasteiger partial charge in [0, 0.05) is 12.6 Å². The summed E-state index contributed by atoms with van der Waals surface area (Å²) in [5.74, 6) is 4.43. The van der Waals surface area contributed by atoms with E-state index in [4.69, 9.17) is 4.74 Å². The van der Waals surface area contributed by atoms with Crippen molar-refractivity contribution in [3.05, 3.63) is 0 Å². The first-order chi connectivity index (χ1) is 9.33. The smallest absolute Gasteiger partial charge is 0.0701 e. The summed E-state index contributed by atoms with van der Waals surface area (Å²) in [6.07, 6.45) is 9.55. The van der Waals surface area contributed by atoms with Crippen LogP contribution in [-0.2, 0) is 4.74 Å². The van der Waals surface area contributed by atoms with Gasteiger partial charge in [0.1, 0.15) is 0 Å². The molecule has 3 fully saturated rings. The van der Waals surface area contributed by atoms with Crippen LogP contribution in [0.4, 0.5) is 0 Å². The van der Waals surface area contributed by atoms with Gasteiger partial charge in [-0.2, -0.15) is 11.8 Å². The Kier molecular flexibility index (Phi) is 4.76. The van der Waals surface area contributed by atoms with E-state index in [2.05, 4.69) is 24.0 Å². The first-order valence-electron chi connectivity index (χ1n) is 8.28. The molecule has 0 amide bonds. The van der Waals surface area contributed by atoms with E-state index in [9.17, 15) is 0 Å². The molecule has 1 N–H and O–H groups in total. The second-order valence-electron chi connectivity index (χ2n) is 6.67. The lowest BCUT2D eigenvalue weighted by molar-refractivity contribution is -0.111. The summed E-state index contributed by atoms with van der Waals surface area (Å²) >= 11 is 2.11. The number of hydrogen-bond donors (Lipinski definition) is 1. The predicted molar refractivity (Wildman–Crippen MR) is 82.8 cm³/mol. The Morgan fingerprint density at radius 2 is 2.00 bits per heavy atom. The normalized spacial score (nSPS) is 33.0. The standard InChI is InChI=1S/C16H29NOS/c1-2-17-15(13-4-3-5-13)14-6-9-18-16(12-14)7-10-19-11-8-16/h13-15,17H,2-12H2,1H3. The second-order valence-corrected chi connectivity index (χ2v) is 7.90. The van der Waals surface area contributed by atoms with Gasteiger partial charge < -0.3 is 10.1 Å². The van der Waals surface area contributed by atoms with Crippen molar-refractivity contribution in [1.82, 2.24) is 5.32 Å². The van der Waals surface area contributed by atoms with Crippen molar-refractivity contribution in [3.63, 3.8) is 0 Å². The molecule has 19 heavy (non-hydrogen) atoms. The maximum Gasteiger partial charge on any atom is 0.0701 e. The zero-order valence-electron chi connectivity index (χ0n) is 12.3. The van der Waals surface area contributed by atoms with Gasteiger partial charge in [0.05, 0.1) is 5.60 Å². The molecular weight excluding hydrogens is 254 g/mol. The maximum absolute atomic E-state index is 6.26. The van der Waals surface area contributed by atoms with Crippen molar-refractivity contribution >= 4 is 11.8 Å². The van der Waals surface area contributed by atoms with Gasteiger partial charge in [-0.25, -0.2) is 0 Å². The van der Waals surface area contributed by atoms with Gasteiger partial charge in [-0.3, -0.25) is 0 Å². The lowest BCUT2D eigenvalue weighted by Gasteiger charge is -2.48. The van der Waals surface area contributed by atoms with E-state index < -0.39 is 0 Å². The van der Waals surface area contributed by atoms with Gasteiger partial charge in [-0.05, 0) is 68.4 Å². The summed E-state index contributed by atoms with van der Waals surface area (Å²) in [5.41, 5.74) is 0.256. The van der Waals surface area contributed by atoms with E-state index in [0.29, 0.717) is 0 Å². The molecule has 1 spiro atoms. The molecule has 2 heterocycles. The molecule has 2 nitrogen and oxygen atoms in total. The fourth-order valence-corrected chi connectivity index (χ4v) is 5.45. The Morgan fingerprint density at radius 1 is 1.21 bits per heavy atom. The van der Waals surface area contributed by atoms with Crippen molar-refractivity contribution in [3.8, 4) is 0 Å². The van der Waals surface area contributed by atoms with Gasteiger partial charge in [-0.1, -0.05) is 13.3 Å².